The molecule has 1 unspecified atom stereocenters. The Morgan fingerprint density at radius 1 is 1.25 bits per heavy atom. The Kier molecular flexibility index (Phi) is 6.02. The Balaban J connectivity index is 2.65. The van der Waals surface area contributed by atoms with Crippen molar-refractivity contribution < 1.29 is 9.90 Å². The van der Waals surface area contributed by atoms with Gasteiger partial charge in [0.05, 0.1) is 0 Å². The van der Waals surface area contributed by atoms with Crippen LogP contribution in [0.15, 0.2) is 18.2 Å². The normalized spacial score (nSPS) is 12.5. The minimum Gasteiger partial charge on any atom is -0.480 e. The van der Waals surface area contributed by atoms with Crippen molar-refractivity contribution in [1.82, 2.24) is 5.32 Å². The molecule has 0 saturated carbocycles. The number of carbonyl (C=O) groups is 1. The van der Waals surface area contributed by atoms with Gasteiger partial charge >= 0.3 is 5.97 Å². The smallest absolute Gasteiger partial charge is 0.320 e. The first-order chi connectivity index (χ1) is 9.29. The molecule has 4 heteroatoms. The largest absolute Gasteiger partial charge is 0.480 e. The number of hydrogen-bond donors (Lipinski definition) is 2. The second-order valence-electron chi connectivity index (χ2n) is 5.77. The van der Waals surface area contributed by atoms with E-state index in [2.05, 4.69) is 42.3 Å². The number of carboxylic acids is 1. The summed E-state index contributed by atoms with van der Waals surface area (Å²) >= 11 is 0. The van der Waals surface area contributed by atoms with E-state index in [0.717, 1.165) is 5.69 Å². The molecule has 0 amide bonds. The van der Waals surface area contributed by atoms with Crippen molar-refractivity contribution in [3.8, 4) is 0 Å². The molecular formula is C16H26N2O2. The fourth-order valence-electron chi connectivity index (χ4n) is 2.30. The fraction of sp³-hybridized carbons (Fsp3) is 0.562. The van der Waals surface area contributed by atoms with Gasteiger partial charge in [-0.2, -0.15) is 0 Å². The van der Waals surface area contributed by atoms with Crippen molar-refractivity contribution in [3.63, 3.8) is 0 Å². The van der Waals surface area contributed by atoms with Crippen LogP contribution in [0.5, 0.6) is 0 Å². The minimum atomic E-state index is -0.785. The zero-order chi connectivity index (χ0) is 15.3. The quantitative estimate of drug-likeness (QED) is 0.805. The van der Waals surface area contributed by atoms with Crippen molar-refractivity contribution in [2.24, 2.45) is 0 Å². The first kappa shape index (κ1) is 16.5. The Hall–Kier alpha value is -1.55. The number of rotatable bonds is 7. The lowest BCUT2D eigenvalue weighted by atomic mass is 10.1. The monoisotopic (exact) mass is 278 g/mol. The number of benzene rings is 1. The molecule has 0 saturated heterocycles. The summed E-state index contributed by atoms with van der Waals surface area (Å²) in [5.74, 6) is -0.785. The van der Waals surface area contributed by atoms with Crippen LogP contribution in [0.3, 0.4) is 0 Å². The molecule has 0 aliphatic heterocycles. The van der Waals surface area contributed by atoms with Crippen LogP contribution < -0.4 is 10.2 Å². The van der Waals surface area contributed by atoms with E-state index in [1.165, 1.54) is 11.1 Å². The van der Waals surface area contributed by atoms with E-state index in [-0.39, 0.29) is 6.04 Å². The van der Waals surface area contributed by atoms with Gasteiger partial charge in [0.15, 0.2) is 0 Å². The molecule has 1 atom stereocenters. The van der Waals surface area contributed by atoms with Crippen molar-refractivity contribution in [1.29, 1.82) is 0 Å². The van der Waals surface area contributed by atoms with Crippen molar-refractivity contribution in [2.75, 3.05) is 18.5 Å². The van der Waals surface area contributed by atoms with Gasteiger partial charge < -0.3 is 15.3 Å². The average Bonchev–Trinajstić information content (AvgIpc) is 2.32. The Morgan fingerprint density at radius 2 is 1.80 bits per heavy atom. The van der Waals surface area contributed by atoms with Crippen LogP contribution in [0.2, 0.25) is 0 Å². The molecular weight excluding hydrogens is 252 g/mol. The van der Waals surface area contributed by atoms with E-state index >= 15 is 0 Å². The highest BCUT2D eigenvalue weighted by atomic mass is 16.4. The van der Waals surface area contributed by atoms with Crippen LogP contribution in [0.25, 0.3) is 0 Å². The summed E-state index contributed by atoms with van der Waals surface area (Å²) in [6.45, 7) is 8.78. The third kappa shape index (κ3) is 5.21. The number of carboxylic acid groups (broad SMARTS) is 1. The molecule has 0 aliphatic rings. The maximum Gasteiger partial charge on any atom is 0.320 e. The van der Waals surface area contributed by atoms with Crippen LogP contribution in [0.4, 0.5) is 5.69 Å². The highest BCUT2D eigenvalue weighted by Crippen LogP contribution is 2.18. The number of hydrogen-bond acceptors (Lipinski definition) is 3. The van der Waals surface area contributed by atoms with Gasteiger partial charge in [-0.1, -0.05) is 19.9 Å². The van der Waals surface area contributed by atoms with Crippen molar-refractivity contribution in [2.45, 2.75) is 46.2 Å². The van der Waals surface area contributed by atoms with E-state index in [0.29, 0.717) is 13.0 Å². The molecule has 1 aromatic rings. The molecule has 20 heavy (non-hydrogen) atoms. The predicted octanol–water partition coefficient (Wildman–Crippen LogP) is 2.58. The molecule has 0 heterocycles. The lowest BCUT2D eigenvalue weighted by Gasteiger charge is -2.24. The van der Waals surface area contributed by atoms with E-state index in [4.69, 9.17) is 0 Å². The highest BCUT2D eigenvalue weighted by molar-refractivity contribution is 5.73. The average molecular weight is 278 g/mol. The van der Waals surface area contributed by atoms with Gasteiger partial charge in [0.2, 0.25) is 0 Å². The summed E-state index contributed by atoms with van der Waals surface area (Å²) < 4.78 is 0. The van der Waals surface area contributed by atoms with Gasteiger partial charge in [-0.05, 0) is 43.5 Å². The van der Waals surface area contributed by atoms with Crippen LogP contribution in [0.1, 0.15) is 31.4 Å². The number of nitrogens with one attached hydrogen (secondary N) is 1. The van der Waals surface area contributed by atoms with E-state index in [1.807, 2.05) is 20.9 Å². The van der Waals surface area contributed by atoms with Crippen molar-refractivity contribution in [3.05, 3.63) is 29.3 Å². The molecule has 2 N–H and O–H groups in total. The molecule has 0 radical (unpaired) electrons. The standard InChI is InChI=1S/C16H26N2O2/c1-11(2)17-15(16(19)20)6-7-18(5)14-9-12(3)8-13(4)10-14/h8-11,15,17H,6-7H2,1-5H3,(H,19,20). The summed E-state index contributed by atoms with van der Waals surface area (Å²) in [5, 5.41) is 12.3. The summed E-state index contributed by atoms with van der Waals surface area (Å²) in [6, 6.07) is 6.06. The number of anilines is 1. The van der Waals surface area contributed by atoms with E-state index < -0.39 is 12.0 Å². The SMILES string of the molecule is Cc1cc(C)cc(N(C)CCC(NC(C)C)C(=O)O)c1. The van der Waals surface area contributed by atoms with Crippen LogP contribution >= 0.6 is 0 Å². The summed E-state index contributed by atoms with van der Waals surface area (Å²) in [4.78, 5) is 13.3. The highest BCUT2D eigenvalue weighted by Gasteiger charge is 2.18. The third-order valence-corrected chi connectivity index (χ3v) is 3.23. The van der Waals surface area contributed by atoms with E-state index in [1.54, 1.807) is 0 Å². The van der Waals surface area contributed by atoms with Crippen LogP contribution in [-0.2, 0) is 4.79 Å². The topological polar surface area (TPSA) is 52.6 Å². The fourth-order valence-corrected chi connectivity index (χ4v) is 2.30. The number of nitrogens with zero attached hydrogens (tertiary/aromatic N) is 1. The molecule has 0 spiro atoms. The zero-order valence-corrected chi connectivity index (χ0v) is 13.1. The van der Waals surface area contributed by atoms with Gasteiger partial charge in [-0.15, -0.1) is 0 Å². The number of aliphatic carboxylic acids is 1. The number of aryl methyl sites for hydroxylation is 2. The predicted molar refractivity (Wildman–Crippen MR) is 83.5 cm³/mol. The lowest BCUT2D eigenvalue weighted by molar-refractivity contribution is -0.139. The third-order valence-electron chi connectivity index (χ3n) is 3.23. The van der Waals surface area contributed by atoms with Crippen LogP contribution in [0, 0.1) is 13.8 Å². The van der Waals surface area contributed by atoms with Gasteiger partial charge in [-0.25, -0.2) is 0 Å². The molecule has 0 bridgehead atoms. The molecule has 112 valence electrons. The molecule has 0 aliphatic carbocycles. The Labute approximate surface area is 121 Å². The summed E-state index contributed by atoms with van der Waals surface area (Å²) in [5.41, 5.74) is 3.58. The maximum absolute atomic E-state index is 11.2. The second kappa shape index (κ2) is 7.29. The lowest BCUT2D eigenvalue weighted by Crippen LogP contribution is -2.42. The van der Waals surface area contributed by atoms with Crippen molar-refractivity contribution >= 4 is 11.7 Å². The van der Waals surface area contributed by atoms with Gasteiger partial charge in [0.1, 0.15) is 6.04 Å². The minimum absolute atomic E-state index is 0.169. The van der Waals surface area contributed by atoms with Gasteiger partial charge in [-0.3, -0.25) is 4.79 Å². The zero-order valence-electron chi connectivity index (χ0n) is 13.1. The Bertz CT molecular complexity index is 438. The Morgan fingerprint density at radius 3 is 2.25 bits per heavy atom. The molecule has 0 aromatic heterocycles. The van der Waals surface area contributed by atoms with Gasteiger partial charge in [0.25, 0.3) is 0 Å². The first-order valence-electron chi connectivity index (χ1n) is 7.08. The molecule has 4 nitrogen and oxygen atoms in total. The second-order valence-corrected chi connectivity index (χ2v) is 5.77. The maximum atomic E-state index is 11.2. The molecule has 1 aromatic carbocycles. The molecule has 0 fully saturated rings. The van der Waals surface area contributed by atoms with E-state index in [9.17, 15) is 9.90 Å². The van der Waals surface area contributed by atoms with Gasteiger partial charge in [0, 0.05) is 25.3 Å². The summed E-state index contributed by atoms with van der Waals surface area (Å²) in [6.07, 6.45) is 0.580. The first-order valence-corrected chi connectivity index (χ1v) is 7.08. The van der Waals surface area contributed by atoms with Crippen LogP contribution in [-0.4, -0.2) is 36.8 Å². The molecule has 1 rings (SSSR count). The summed E-state index contributed by atoms with van der Waals surface area (Å²) in [7, 11) is 2.00.